The molecule has 6 aliphatic rings. The maximum atomic E-state index is 10.8. The number of hydrogen-bond acceptors (Lipinski definition) is 20. The summed E-state index contributed by atoms with van der Waals surface area (Å²) in [4.78, 5) is 184. The van der Waals surface area contributed by atoms with E-state index in [0.29, 0.717) is 38.5 Å². The van der Waals surface area contributed by atoms with Gasteiger partial charge in [0.25, 0.3) is 0 Å². The van der Waals surface area contributed by atoms with Gasteiger partial charge in [-0.15, -0.1) is 0 Å². The molecule has 38 nitrogen and oxygen atoms in total. The zero-order valence-electron chi connectivity index (χ0n) is 49.6. The van der Waals surface area contributed by atoms with Gasteiger partial charge in [0.15, 0.2) is 22.9 Å². The van der Waals surface area contributed by atoms with Gasteiger partial charge in [-0.2, -0.15) is 0 Å². The smallest absolute Gasteiger partial charge is 0.333 e. The maximum Gasteiger partial charge on any atom is 0.333 e. The van der Waals surface area contributed by atoms with E-state index in [9.17, 15) is 86.3 Å². The van der Waals surface area contributed by atoms with Gasteiger partial charge >= 0.3 is 107 Å². The second-order valence-corrected chi connectivity index (χ2v) is 21.8. The number of carboxylic acid groups (broad SMARTS) is 18. The molecular weight excluding hydrogens is 1290 g/mol. The highest BCUT2D eigenvalue weighted by Crippen LogP contribution is 2.48. The van der Waals surface area contributed by atoms with Crippen molar-refractivity contribution >= 4 is 107 Å². The molecule has 1 aromatic rings. The molecule has 0 saturated heterocycles. The average molecular weight is 1370 g/mol. The van der Waals surface area contributed by atoms with Gasteiger partial charge in [0.2, 0.25) is 0 Å². The zero-order chi connectivity index (χ0) is 73.7. The quantitative estimate of drug-likeness (QED) is 0.0546. The second kappa shape index (κ2) is 40.3. The molecule has 10 atom stereocenters. The highest BCUT2D eigenvalue weighted by Gasteiger charge is 2.58. The Morgan fingerprint density at radius 1 is 0.432 bits per heavy atom. The number of rotatable bonds is 23. The molecule has 0 heterocycles. The molecule has 95 heavy (non-hydrogen) atoms. The zero-order valence-corrected chi connectivity index (χ0v) is 49.6. The number of hydrogen-bond donors (Lipinski definition) is 20. The highest BCUT2D eigenvalue weighted by molar-refractivity contribution is 6.01. The van der Waals surface area contributed by atoms with Crippen LogP contribution in [-0.4, -0.2) is 221 Å². The summed E-state index contributed by atoms with van der Waals surface area (Å²) in [7, 11) is 0. The van der Waals surface area contributed by atoms with Gasteiger partial charge in [0.1, 0.15) is 0 Å². The van der Waals surface area contributed by atoms with Crippen molar-refractivity contribution in [1.82, 2.24) is 0 Å². The lowest BCUT2D eigenvalue weighted by molar-refractivity contribution is -0.172. The SMILES string of the molecule is C.CC(CC(=O)O)C(=O)O.CC(O)(CC(=O)O)CC(=O)O.O=C(O)C(C(=O)O)c1ccccc1.O=C(O)C1(C(=O)O)CC1.O=C(O)C1(C(=O)O)CCC1.O=C(O)CC(O)C(=O)O.O=C(O)[C@@H]1CC[C@H]1C(=O)O.O=C(O)[C@H]1CC[C@H]1C(=O)O.O=C(O)[C@H]1[C@H](C(=O)O)[C@@H]2C=C[C@@H]1C2. The van der Waals surface area contributed by atoms with E-state index in [0.717, 1.165) is 0 Å². The number of aliphatic hydroxyl groups is 2. The molecule has 1 aromatic carbocycles. The first-order valence-electron chi connectivity index (χ1n) is 27.3. The standard InChI is InChI=1S/C9H10O4.C9H8O4.C6H10O5.3C6H8O4.C5H6O4.C5H8O4.C4H6O5.CH4/c10-8(11)6-4-1-2-5(3-4)7(6)9(12)13;10-8(11)7(9(12)13)6-4-2-1-3-5-6;1-6(11,2-4(7)8)3-5(9)10;7-4(8)6(5(9)10)2-1-3-6;2*7-5(8)3-1-2-4(3)6(9)10;6-3(7)5(1-2-5)4(8)9;1-3(5(8)9)2-4(6)7;5-2(4(8)9)1-3(6)7;/h1-2,4-7H,3H2,(H,10,11)(H,12,13);1-5,7H,(H,10,11)(H,12,13);11H,2-3H2,1H3,(H,7,8)(H,9,10);1-3H2,(H,7,8)(H,9,10);2*3-4H,1-2H2,(H,7,8)(H,9,10);1-2H2,(H,6,7)(H,8,9);3H,2H2,1H3,(H,6,7)(H,8,9);2,5H,1H2,(H,6,7)(H,8,9);1H4/t4-,5-,6-,7-;;;;3-,4+;3-,4-;;;;/m1....1..../s1. The van der Waals surface area contributed by atoms with E-state index in [2.05, 4.69) is 0 Å². The molecule has 7 rings (SSSR count). The fraction of sp³-hybridized carbons (Fsp3) is 0.544. The molecule has 2 bridgehead atoms. The number of carbonyl (C=O) groups is 18. The summed E-state index contributed by atoms with van der Waals surface area (Å²) in [5.41, 5.74) is -4.24. The molecule has 0 spiro atoms. The lowest BCUT2D eigenvalue weighted by atomic mass is 9.69. The minimum absolute atomic E-state index is 0. The minimum Gasteiger partial charge on any atom is -0.481 e. The third kappa shape index (κ3) is 30.1. The van der Waals surface area contributed by atoms with Crippen LogP contribution in [0.15, 0.2) is 42.5 Å². The summed E-state index contributed by atoms with van der Waals surface area (Å²) in [5.74, 6) is -27.2. The maximum absolute atomic E-state index is 10.8. The van der Waals surface area contributed by atoms with Crippen LogP contribution in [0, 0.1) is 64.1 Å². The first kappa shape index (κ1) is 88.5. The van der Waals surface area contributed by atoms with E-state index in [1.54, 1.807) is 18.2 Å². The molecule has 532 valence electrons. The Labute approximate surface area is 535 Å². The van der Waals surface area contributed by atoms with Crippen LogP contribution in [0.3, 0.4) is 0 Å². The topological polar surface area (TPSA) is 712 Å². The van der Waals surface area contributed by atoms with E-state index in [1.807, 2.05) is 12.2 Å². The Bertz CT molecular complexity index is 2770. The van der Waals surface area contributed by atoms with Gasteiger partial charge in [-0.3, -0.25) is 81.5 Å². The van der Waals surface area contributed by atoms with Crippen molar-refractivity contribution in [2.75, 3.05) is 0 Å². The largest absolute Gasteiger partial charge is 0.481 e. The van der Waals surface area contributed by atoms with Crippen LogP contribution in [-0.2, 0) is 86.3 Å². The Balaban J connectivity index is -0.00000100. The van der Waals surface area contributed by atoms with Crippen LogP contribution in [0.4, 0.5) is 0 Å². The molecule has 0 amide bonds. The lowest BCUT2D eigenvalue weighted by Crippen LogP contribution is -2.44. The normalized spacial score (nSPS) is 21.3. The van der Waals surface area contributed by atoms with Crippen LogP contribution < -0.4 is 0 Å². The molecule has 2 unspecified atom stereocenters. The number of benzene rings is 1. The predicted octanol–water partition coefficient (Wildman–Crippen LogP) is 1.57. The van der Waals surface area contributed by atoms with Crippen molar-refractivity contribution in [2.45, 2.75) is 129 Å². The molecule has 0 radical (unpaired) electrons. The van der Waals surface area contributed by atoms with Crippen molar-refractivity contribution in [3.05, 3.63) is 48.0 Å². The molecule has 5 fully saturated rings. The molecular formula is C57H76O38. The van der Waals surface area contributed by atoms with Crippen LogP contribution in [0.5, 0.6) is 0 Å². The fourth-order valence-electron chi connectivity index (χ4n) is 8.72. The van der Waals surface area contributed by atoms with Crippen LogP contribution >= 0.6 is 0 Å². The molecule has 38 heteroatoms. The molecule has 0 aliphatic heterocycles. The lowest BCUT2D eigenvalue weighted by Gasteiger charge is -2.32. The Morgan fingerprint density at radius 3 is 0.884 bits per heavy atom. The van der Waals surface area contributed by atoms with Crippen LogP contribution in [0.2, 0.25) is 0 Å². The highest BCUT2D eigenvalue weighted by atomic mass is 16.4. The monoisotopic (exact) mass is 1370 g/mol. The summed E-state index contributed by atoms with van der Waals surface area (Å²) in [6.45, 7) is 2.53. The van der Waals surface area contributed by atoms with Crippen molar-refractivity contribution < 1.29 is 188 Å². The van der Waals surface area contributed by atoms with E-state index < -0.39 is 197 Å². The first-order chi connectivity index (χ1) is 43.1. The number of aliphatic carboxylic acids is 18. The molecule has 5 saturated carbocycles. The van der Waals surface area contributed by atoms with Crippen molar-refractivity contribution in [3.63, 3.8) is 0 Å². The first-order valence-corrected chi connectivity index (χ1v) is 27.3. The van der Waals surface area contributed by atoms with Crippen molar-refractivity contribution in [3.8, 4) is 0 Å². The summed E-state index contributed by atoms with van der Waals surface area (Å²) in [5, 5.41) is 168. The van der Waals surface area contributed by atoms with E-state index in [-0.39, 0.29) is 56.9 Å². The predicted molar refractivity (Wildman–Crippen MR) is 306 cm³/mol. The molecule has 0 aromatic heterocycles. The number of carboxylic acids is 18. The number of allylic oxidation sites excluding steroid dienone is 2. The fourth-order valence-corrected chi connectivity index (χ4v) is 8.72. The summed E-state index contributed by atoms with van der Waals surface area (Å²) < 4.78 is 0. The van der Waals surface area contributed by atoms with Crippen LogP contribution in [0.25, 0.3) is 0 Å². The summed E-state index contributed by atoms with van der Waals surface area (Å²) in [6, 6.07) is 7.87. The Kier molecular flexibility index (Phi) is 37.6. The Morgan fingerprint density at radius 2 is 0.737 bits per heavy atom. The van der Waals surface area contributed by atoms with Crippen molar-refractivity contribution in [1.29, 1.82) is 0 Å². The summed E-state index contributed by atoms with van der Waals surface area (Å²) >= 11 is 0. The number of fused-ring (bicyclic) bond motifs is 2. The average Bonchev–Trinajstić information content (AvgIpc) is 1.71. The summed E-state index contributed by atoms with van der Waals surface area (Å²) in [6.07, 6.45) is 4.23. The molecule has 20 N–H and O–H groups in total. The van der Waals surface area contributed by atoms with E-state index >= 15 is 0 Å². The van der Waals surface area contributed by atoms with Gasteiger partial charge in [0, 0.05) is 0 Å². The van der Waals surface area contributed by atoms with Gasteiger partial charge < -0.3 is 102 Å². The Hall–Kier alpha value is -10.7. The van der Waals surface area contributed by atoms with Gasteiger partial charge in [-0.25, -0.2) is 4.79 Å². The number of aliphatic hydroxyl groups excluding tert-OH is 1. The minimum atomic E-state index is -1.79. The van der Waals surface area contributed by atoms with E-state index in [1.165, 1.54) is 26.0 Å². The molecule has 6 aliphatic carbocycles. The van der Waals surface area contributed by atoms with Gasteiger partial charge in [-0.1, -0.05) is 56.8 Å². The van der Waals surface area contributed by atoms with Crippen LogP contribution in [0.1, 0.15) is 123 Å². The second-order valence-electron chi connectivity index (χ2n) is 21.8. The van der Waals surface area contributed by atoms with E-state index in [4.69, 9.17) is 102 Å². The third-order valence-electron chi connectivity index (χ3n) is 14.7. The van der Waals surface area contributed by atoms with Crippen molar-refractivity contribution in [2.24, 2.45) is 64.1 Å². The third-order valence-corrected chi connectivity index (χ3v) is 14.7. The van der Waals surface area contributed by atoms with Gasteiger partial charge in [0.05, 0.1) is 72.7 Å². The van der Waals surface area contributed by atoms with Gasteiger partial charge in [-0.05, 0) is 88.5 Å².